The van der Waals surface area contributed by atoms with Gasteiger partial charge in [0.25, 0.3) is 0 Å². The second-order valence-corrected chi connectivity index (χ2v) is 23.9. The first-order chi connectivity index (χ1) is 43.5. The van der Waals surface area contributed by atoms with Crippen LogP contribution in [0.25, 0.3) is 110 Å². The van der Waals surface area contributed by atoms with Gasteiger partial charge in [0.1, 0.15) is 22.3 Å². The van der Waals surface area contributed by atoms with Gasteiger partial charge in [0.05, 0.1) is 33.4 Å². The van der Waals surface area contributed by atoms with Gasteiger partial charge in [0, 0.05) is 89.3 Å². The van der Waals surface area contributed by atoms with Crippen LogP contribution in [0.15, 0.2) is 264 Å². The highest BCUT2D eigenvalue weighted by Gasteiger charge is 2.26. The van der Waals surface area contributed by atoms with Crippen molar-refractivity contribution in [3.05, 3.63) is 266 Å². The number of nitrogens with zero attached hydrogens (tertiary/aromatic N) is 4. The highest BCUT2D eigenvalue weighted by Crippen LogP contribution is 2.49. The maximum atomic E-state index is 6.96. The lowest BCUT2D eigenvalue weighted by atomic mass is 9.92. The molecule has 0 N–H and O–H groups in total. The minimum absolute atomic E-state index is 0.528. The van der Waals surface area contributed by atoms with Crippen LogP contribution in [0.4, 0.5) is 34.1 Å². The number of aromatic nitrogens is 2. The fourth-order valence-electron chi connectivity index (χ4n) is 14.9. The predicted octanol–water partition coefficient (Wildman–Crippen LogP) is 24.4. The molecule has 0 radical (unpaired) electrons. The van der Waals surface area contributed by atoms with Gasteiger partial charge in [-0.05, 0) is 193 Å². The summed E-state index contributed by atoms with van der Waals surface area (Å²) in [5.74, 6) is 1.06. The molecule has 0 aliphatic heterocycles. The molecule has 0 aliphatic carbocycles. The van der Waals surface area contributed by atoms with E-state index in [0.717, 1.165) is 102 Å². The summed E-state index contributed by atoms with van der Waals surface area (Å²) in [6.07, 6.45) is 6.94. The number of hydrogen-bond donors (Lipinski definition) is 0. The number of benzene rings is 12. The number of hydrogen-bond acceptors (Lipinski definition) is 4. The lowest BCUT2D eigenvalue weighted by molar-refractivity contribution is 0.596. The third-order valence-corrected chi connectivity index (χ3v) is 18.9. The highest BCUT2D eigenvalue weighted by molar-refractivity contribution is 6.28. The largest absolute Gasteiger partial charge is 0.456 e. The summed E-state index contributed by atoms with van der Waals surface area (Å²) >= 11 is 0. The molecule has 0 fully saturated rings. The van der Waals surface area contributed by atoms with Crippen molar-refractivity contribution in [1.29, 1.82) is 0 Å². The topological polar surface area (TPSA) is 42.6 Å². The highest BCUT2D eigenvalue weighted by atomic mass is 16.3. The molecule has 0 amide bonds. The van der Waals surface area contributed by atoms with Crippen molar-refractivity contribution in [2.45, 2.75) is 78.1 Å². The lowest BCUT2D eigenvalue weighted by Crippen LogP contribution is -2.10. The van der Waals surface area contributed by atoms with Gasteiger partial charge in [-0.3, -0.25) is 0 Å². The fourth-order valence-corrected chi connectivity index (χ4v) is 14.9. The van der Waals surface area contributed by atoms with Crippen molar-refractivity contribution in [3.63, 3.8) is 0 Å². The first kappa shape index (κ1) is 53.2. The molecule has 0 bridgehead atoms. The van der Waals surface area contributed by atoms with Crippen LogP contribution in [-0.4, -0.2) is 9.13 Å². The third-order valence-electron chi connectivity index (χ3n) is 18.9. The van der Waals surface area contributed by atoms with Crippen molar-refractivity contribution >= 4 is 132 Å². The van der Waals surface area contributed by atoms with Gasteiger partial charge < -0.3 is 27.8 Å². The lowest BCUT2D eigenvalue weighted by Gasteiger charge is -2.26. The number of fused-ring (bicyclic) bond motifs is 15. The van der Waals surface area contributed by atoms with Crippen LogP contribution in [0, 0.1) is 0 Å². The molecule has 16 aromatic rings. The van der Waals surface area contributed by atoms with Gasteiger partial charge >= 0.3 is 0 Å². The molecule has 6 nitrogen and oxygen atoms in total. The van der Waals surface area contributed by atoms with Crippen molar-refractivity contribution in [2.75, 3.05) is 9.80 Å². The number of furan rings is 2. The monoisotopic (exact) mass is 1140 g/mol. The minimum atomic E-state index is 0.528. The van der Waals surface area contributed by atoms with E-state index >= 15 is 0 Å². The normalized spacial score (nSPS) is 12.7. The summed E-state index contributed by atoms with van der Waals surface area (Å²) in [6, 6.07) is 93.5. The average Bonchev–Trinajstić information content (AvgIpc) is 1.68. The van der Waals surface area contributed by atoms with Crippen molar-refractivity contribution in [1.82, 2.24) is 9.13 Å². The SMILES string of the molecule is CCCC(CC)c1cccc(-n2c3ccccc3c3c(N(c4ccccc4)c4ccc5c(c4)oc4ccc6c(ccc7oc8cc(N(c9ccccc9)c9cccc%10c9c9ccccc9n%10-c9cccc(C(CC)CCC)c9)ccc8c76)c45)cccc32)c1. The standard InChI is InChI=1S/C82H68N4O2/c1-5-23-53(7-3)55-25-19-31-59(49-55)85-69-35-17-15-33-65(69)81-71(37-21-39-73(81)85)83(57-27-11-9-12-28-57)61-41-43-67-77(51-61)87-75-47-45-64-63(79(67)75)46-48-76-80(64)68-44-42-62(52-78(68)88-76)84(58-29-13-10-14-30-58)72-38-22-40-74-82(72)66-34-16-18-36-70(66)86(74)60-32-20-26-56(50-60)54(8-4)24-6-2/h9-22,25-54H,5-8,23-24H2,1-4H3. The van der Waals surface area contributed by atoms with Crippen molar-refractivity contribution in [2.24, 2.45) is 0 Å². The molecule has 428 valence electrons. The van der Waals surface area contributed by atoms with E-state index in [1.165, 1.54) is 91.8 Å². The number of anilines is 6. The predicted molar refractivity (Wildman–Crippen MR) is 372 cm³/mol. The summed E-state index contributed by atoms with van der Waals surface area (Å²) in [5.41, 5.74) is 19.6. The Balaban J connectivity index is 0.815. The van der Waals surface area contributed by atoms with E-state index in [4.69, 9.17) is 8.83 Å². The van der Waals surface area contributed by atoms with E-state index in [-0.39, 0.29) is 0 Å². The van der Waals surface area contributed by atoms with Gasteiger partial charge in [-0.1, -0.05) is 150 Å². The van der Waals surface area contributed by atoms with E-state index in [9.17, 15) is 0 Å². The van der Waals surface area contributed by atoms with Gasteiger partial charge in [-0.25, -0.2) is 0 Å². The molecular formula is C82H68N4O2. The van der Waals surface area contributed by atoms with Crippen LogP contribution in [0.5, 0.6) is 0 Å². The zero-order chi connectivity index (χ0) is 59.0. The zero-order valence-corrected chi connectivity index (χ0v) is 50.3. The van der Waals surface area contributed by atoms with Crippen LogP contribution in [0.3, 0.4) is 0 Å². The minimum Gasteiger partial charge on any atom is -0.456 e. The molecule has 0 saturated heterocycles. The summed E-state index contributed by atoms with van der Waals surface area (Å²) in [6.45, 7) is 9.21. The molecule has 0 saturated carbocycles. The number of rotatable bonds is 16. The molecule has 0 aliphatic rings. The molecule has 16 rings (SSSR count). The Kier molecular flexibility index (Phi) is 13.2. The summed E-state index contributed by atoms with van der Waals surface area (Å²) in [4.78, 5) is 4.80. The Bertz CT molecular complexity index is 4980. The first-order valence-corrected chi connectivity index (χ1v) is 31.7. The Morgan fingerprint density at radius 1 is 0.307 bits per heavy atom. The molecular weight excluding hydrogens is 1070 g/mol. The molecule has 4 aromatic heterocycles. The second-order valence-electron chi connectivity index (χ2n) is 23.9. The number of para-hydroxylation sites is 4. The van der Waals surface area contributed by atoms with E-state index in [0.29, 0.717) is 11.8 Å². The molecule has 88 heavy (non-hydrogen) atoms. The molecule has 0 spiro atoms. The first-order valence-electron chi connectivity index (χ1n) is 31.7. The summed E-state index contributed by atoms with van der Waals surface area (Å²) < 4.78 is 18.8. The van der Waals surface area contributed by atoms with E-state index < -0.39 is 0 Å². The van der Waals surface area contributed by atoms with Gasteiger partial charge in [-0.2, -0.15) is 0 Å². The smallest absolute Gasteiger partial charge is 0.137 e. The van der Waals surface area contributed by atoms with Crippen LogP contribution < -0.4 is 9.80 Å². The molecule has 4 heterocycles. The van der Waals surface area contributed by atoms with Gasteiger partial charge in [0.2, 0.25) is 0 Å². The van der Waals surface area contributed by atoms with E-state index in [1.54, 1.807) is 0 Å². The zero-order valence-electron chi connectivity index (χ0n) is 50.3. The molecule has 12 aromatic carbocycles. The maximum absolute atomic E-state index is 6.96. The summed E-state index contributed by atoms with van der Waals surface area (Å²) in [7, 11) is 0. The van der Waals surface area contributed by atoms with Gasteiger partial charge in [-0.15, -0.1) is 0 Å². The van der Waals surface area contributed by atoms with Crippen LogP contribution in [0.1, 0.15) is 89.2 Å². The van der Waals surface area contributed by atoms with E-state index in [2.05, 4.69) is 301 Å². The van der Waals surface area contributed by atoms with Crippen LogP contribution in [-0.2, 0) is 0 Å². The van der Waals surface area contributed by atoms with Crippen LogP contribution >= 0.6 is 0 Å². The Hall–Kier alpha value is -10.3. The average molecular weight is 1140 g/mol. The quantitative estimate of drug-likeness (QED) is 0.0967. The van der Waals surface area contributed by atoms with Crippen LogP contribution in [0.2, 0.25) is 0 Å². The van der Waals surface area contributed by atoms with Gasteiger partial charge in [0.15, 0.2) is 0 Å². The Morgan fingerprint density at radius 2 is 0.705 bits per heavy atom. The second kappa shape index (κ2) is 21.9. The molecule has 2 atom stereocenters. The fraction of sp³-hybridized carbons (Fsp3) is 0.146. The molecule has 2 unspecified atom stereocenters. The summed E-state index contributed by atoms with van der Waals surface area (Å²) in [5, 5.41) is 11.4. The Labute approximate surface area is 512 Å². The van der Waals surface area contributed by atoms with E-state index in [1.807, 2.05) is 0 Å². The third kappa shape index (κ3) is 8.59. The molecule has 6 heteroatoms. The Morgan fingerprint density at radius 3 is 1.14 bits per heavy atom. The maximum Gasteiger partial charge on any atom is 0.137 e. The van der Waals surface area contributed by atoms with Crippen molar-refractivity contribution < 1.29 is 8.83 Å². The van der Waals surface area contributed by atoms with Crippen molar-refractivity contribution in [3.8, 4) is 11.4 Å².